The lowest BCUT2D eigenvalue weighted by Gasteiger charge is -2.19. The van der Waals surface area contributed by atoms with E-state index in [0.29, 0.717) is 0 Å². The highest BCUT2D eigenvalue weighted by Gasteiger charge is 2.32. The number of hydrogen-bond donors (Lipinski definition) is 1. The lowest BCUT2D eigenvalue weighted by molar-refractivity contribution is -0.123. The molecule has 0 bridgehead atoms. The molecule has 0 aliphatic heterocycles. The fourth-order valence-corrected chi connectivity index (χ4v) is 4.61. The molecule has 0 unspecified atom stereocenters. The number of fused-ring (bicyclic) bond motifs is 4. The summed E-state index contributed by atoms with van der Waals surface area (Å²) in [6, 6.07) is 29.5. The van der Waals surface area contributed by atoms with E-state index < -0.39 is 24.0 Å². The molecule has 1 atom stereocenters. The number of nitrogens with two attached hydrogens (primary N) is 1. The second kappa shape index (κ2) is 9.16. The second-order valence-corrected chi connectivity index (χ2v) is 8.68. The van der Waals surface area contributed by atoms with E-state index in [1.165, 1.54) is 7.05 Å². The Hall–Kier alpha value is -4.29. The molecular weight excluding hydrogens is 438 g/mol. The van der Waals surface area contributed by atoms with Crippen molar-refractivity contribution in [3.63, 3.8) is 0 Å². The zero-order chi connectivity index (χ0) is 24.5. The number of carbonyl (C=O) groups excluding carboxylic acids is 2. The van der Waals surface area contributed by atoms with Crippen LogP contribution in [0.25, 0.3) is 21.9 Å². The molecule has 2 amide bonds. The Kier molecular flexibility index (Phi) is 5.89. The monoisotopic (exact) mass is 463 g/mol. The highest BCUT2D eigenvalue weighted by Crippen LogP contribution is 2.45. The van der Waals surface area contributed by atoms with Crippen molar-refractivity contribution in [2.75, 3.05) is 7.05 Å². The Morgan fingerprint density at radius 3 is 2.06 bits per heavy atom. The van der Waals surface area contributed by atoms with Crippen molar-refractivity contribution in [1.29, 1.82) is 0 Å². The first-order chi connectivity index (χ1) is 16.9. The van der Waals surface area contributed by atoms with Crippen LogP contribution in [-0.4, -0.2) is 29.8 Å². The van der Waals surface area contributed by atoms with Gasteiger partial charge in [0.05, 0.1) is 0 Å². The van der Waals surface area contributed by atoms with Crippen molar-refractivity contribution in [2.24, 2.45) is 10.8 Å². The van der Waals surface area contributed by atoms with Crippen LogP contribution in [0.3, 0.4) is 0 Å². The van der Waals surface area contributed by atoms with E-state index in [4.69, 9.17) is 10.6 Å². The molecule has 1 aliphatic carbocycles. The minimum atomic E-state index is -0.834. The summed E-state index contributed by atoms with van der Waals surface area (Å²) in [5, 5.41) is 3.05. The van der Waals surface area contributed by atoms with Gasteiger partial charge in [-0.1, -0.05) is 97.9 Å². The third-order valence-corrected chi connectivity index (χ3v) is 6.43. The summed E-state index contributed by atoms with van der Waals surface area (Å²) in [7, 11) is 1.43. The van der Waals surface area contributed by atoms with Gasteiger partial charge in [-0.3, -0.25) is 9.80 Å². The molecule has 0 spiro atoms. The molecule has 35 heavy (non-hydrogen) atoms. The van der Waals surface area contributed by atoms with Crippen LogP contribution in [0, 0.1) is 0 Å². The van der Waals surface area contributed by atoms with Crippen LogP contribution in [0.1, 0.15) is 35.6 Å². The van der Waals surface area contributed by atoms with Gasteiger partial charge in [-0.2, -0.15) is 4.99 Å². The van der Waals surface area contributed by atoms with Gasteiger partial charge in [-0.25, -0.2) is 10.6 Å². The summed E-state index contributed by atoms with van der Waals surface area (Å²) < 4.78 is 5.84. The Labute approximate surface area is 203 Å². The van der Waals surface area contributed by atoms with Gasteiger partial charge in [0.2, 0.25) is 0 Å². The number of carbonyl (C=O) groups is 2. The van der Waals surface area contributed by atoms with Crippen LogP contribution in [0.5, 0.6) is 0 Å². The topological polar surface area (TPSA) is 85.0 Å². The average molecular weight is 464 g/mol. The zero-order valence-electron chi connectivity index (χ0n) is 19.5. The number of benzene rings is 4. The number of hydrazine groups is 1. The predicted octanol–water partition coefficient (Wildman–Crippen LogP) is 5.62. The first kappa shape index (κ1) is 22.5. The van der Waals surface area contributed by atoms with Crippen LogP contribution >= 0.6 is 0 Å². The standard InChI is InChI=1S/C29H25N3O3/c1-18(20-16-15-19-9-3-4-10-21(19)17-20)26(28(33)32(2)30)31-29(34)35-27-24-13-7-5-11-22(24)23-12-6-8-14-25(23)27/h3-18,27H,30H2,1-2H3/t18-/m0/s1. The van der Waals surface area contributed by atoms with E-state index >= 15 is 0 Å². The van der Waals surface area contributed by atoms with Gasteiger partial charge >= 0.3 is 6.09 Å². The zero-order valence-corrected chi connectivity index (χ0v) is 19.5. The van der Waals surface area contributed by atoms with Crippen LogP contribution in [-0.2, 0) is 9.53 Å². The number of aliphatic imine (C=N–C) groups is 1. The van der Waals surface area contributed by atoms with Gasteiger partial charge in [0.1, 0.15) is 5.71 Å². The van der Waals surface area contributed by atoms with Gasteiger partial charge < -0.3 is 4.74 Å². The molecule has 0 radical (unpaired) electrons. The van der Waals surface area contributed by atoms with Gasteiger partial charge in [0.15, 0.2) is 6.10 Å². The Balaban J connectivity index is 1.48. The molecule has 1 aliphatic rings. The van der Waals surface area contributed by atoms with E-state index in [1.54, 1.807) is 0 Å². The summed E-state index contributed by atoms with van der Waals surface area (Å²) in [5.74, 6) is 4.74. The minimum absolute atomic E-state index is 0.0230. The number of ether oxygens (including phenoxy) is 1. The number of amides is 2. The van der Waals surface area contributed by atoms with Crippen molar-refractivity contribution in [1.82, 2.24) is 5.01 Å². The Morgan fingerprint density at radius 2 is 1.43 bits per heavy atom. The quantitative estimate of drug-likeness (QED) is 0.184. The molecule has 0 aromatic heterocycles. The van der Waals surface area contributed by atoms with Crippen LogP contribution in [0.2, 0.25) is 0 Å². The second-order valence-electron chi connectivity index (χ2n) is 8.68. The van der Waals surface area contributed by atoms with E-state index in [-0.39, 0.29) is 5.71 Å². The third-order valence-electron chi connectivity index (χ3n) is 6.43. The van der Waals surface area contributed by atoms with Crippen molar-refractivity contribution >= 4 is 28.5 Å². The molecule has 6 nitrogen and oxygen atoms in total. The van der Waals surface area contributed by atoms with Crippen molar-refractivity contribution < 1.29 is 14.3 Å². The predicted molar refractivity (Wildman–Crippen MR) is 137 cm³/mol. The number of nitrogens with zero attached hydrogens (tertiary/aromatic N) is 2. The van der Waals surface area contributed by atoms with E-state index in [1.807, 2.05) is 97.9 Å². The van der Waals surface area contributed by atoms with E-state index in [0.717, 1.165) is 43.6 Å². The molecule has 0 fully saturated rings. The Morgan fingerprint density at radius 1 is 0.857 bits per heavy atom. The first-order valence-corrected chi connectivity index (χ1v) is 11.4. The SMILES string of the molecule is C[C@H](C(=NC(=O)OC1c2ccccc2-c2ccccc21)C(=O)N(C)N)c1ccc2ccccc2c1. The molecular formula is C29H25N3O3. The highest BCUT2D eigenvalue weighted by molar-refractivity contribution is 6.41. The summed E-state index contributed by atoms with van der Waals surface area (Å²) in [4.78, 5) is 30.2. The number of hydrogen-bond acceptors (Lipinski definition) is 4. The maximum Gasteiger partial charge on any atom is 0.434 e. The molecule has 2 N–H and O–H groups in total. The van der Waals surface area contributed by atoms with E-state index in [2.05, 4.69) is 4.99 Å². The third kappa shape index (κ3) is 4.20. The maximum atomic E-state index is 13.1. The van der Waals surface area contributed by atoms with Crippen molar-refractivity contribution in [2.45, 2.75) is 18.9 Å². The summed E-state index contributed by atoms with van der Waals surface area (Å²) in [6.45, 7) is 1.83. The molecule has 174 valence electrons. The minimum Gasteiger partial charge on any atom is -0.435 e. The average Bonchev–Trinajstić information content (AvgIpc) is 3.19. The molecule has 0 saturated heterocycles. The lowest BCUT2D eigenvalue weighted by atomic mass is 9.93. The molecule has 4 aromatic rings. The first-order valence-electron chi connectivity index (χ1n) is 11.4. The van der Waals surface area contributed by atoms with Crippen molar-refractivity contribution in [3.05, 3.63) is 108 Å². The largest absolute Gasteiger partial charge is 0.435 e. The number of rotatable bonds is 4. The van der Waals surface area contributed by atoms with Crippen LogP contribution in [0.4, 0.5) is 4.79 Å². The van der Waals surface area contributed by atoms with Gasteiger partial charge in [-0.15, -0.1) is 0 Å². The molecule has 0 heterocycles. The molecule has 0 saturated carbocycles. The van der Waals surface area contributed by atoms with Crippen molar-refractivity contribution in [3.8, 4) is 11.1 Å². The van der Waals surface area contributed by atoms with E-state index in [9.17, 15) is 9.59 Å². The normalized spacial score (nSPS) is 13.7. The summed E-state index contributed by atoms with van der Waals surface area (Å²) in [6.07, 6.45) is -1.43. The summed E-state index contributed by atoms with van der Waals surface area (Å²) in [5.41, 5.74) is 4.70. The van der Waals surface area contributed by atoms with Gasteiger partial charge in [-0.05, 0) is 27.5 Å². The smallest absolute Gasteiger partial charge is 0.434 e. The molecule has 5 rings (SSSR count). The van der Waals surface area contributed by atoms with Gasteiger partial charge in [0.25, 0.3) is 5.91 Å². The van der Waals surface area contributed by atoms with Crippen LogP contribution in [0.15, 0.2) is 96.0 Å². The maximum absolute atomic E-state index is 13.1. The fourth-order valence-electron chi connectivity index (χ4n) is 4.61. The highest BCUT2D eigenvalue weighted by atomic mass is 16.6. The molecule has 4 aromatic carbocycles. The summed E-state index contributed by atoms with van der Waals surface area (Å²) >= 11 is 0. The molecule has 6 heteroatoms. The van der Waals surface area contributed by atoms with Crippen LogP contribution < -0.4 is 5.84 Å². The lowest BCUT2D eigenvalue weighted by Crippen LogP contribution is -2.40. The van der Waals surface area contributed by atoms with Gasteiger partial charge in [0, 0.05) is 24.1 Å². The fraction of sp³-hybridized carbons (Fsp3) is 0.138. The Bertz CT molecular complexity index is 1430.